The van der Waals surface area contributed by atoms with E-state index in [0.717, 1.165) is 24.5 Å². The van der Waals surface area contributed by atoms with Gasteiger partial charge in [-0.1, -0.05) is 24.6 Å². The van der Waals surface area contributed by atoms with Gasteiger partial charge in [0.05, 0.1) is 17.3 Å². The van der Waals surface area contributed by atoms with E-state index in [1.807, 2.05) is 37.3 Å². The number of rotatable bonds is 3. The van der Waals surface area contributed by atoms with E-state index in [1.54, 1.807) is 6.20 Å². The van der Waals surface area contributed by atoms with Crippen molar-refractivity contribution < 1.29 is 4.79 Å². The average molecular weight is 296 g/mol. The maximum atomic E-state index is 12.3. The van der Waals surface area contributed by atoms with Gasteiger partial charge in [-0.05, 0) is 38.4 Å². The molecule has 1 amide bonds. The van der Waals surface area contributed by atoms with Gasteiger partial charge in [-0.3, -0.25) is 4.79 Å². The van der Waals surface area contributed by atoms with E-state index in [9.17, 15) is 4.79 Å². The molecule has 1 atom stereocenters. The molecule has 1 aliphatic rings. The van der Waals surface area contributed by atoms with Crippen LogP contribution in [0.15, 0.2) is 36.5 Å². The second-order valence-corrected chi connectivity index (χ2v) is 5.55. The maximum Gasteiger partial charge on any atom is 0.259 e. The summed E-state index contributed by atoms with van der Waals surface area (Å²) in [5.74, 6) is 0.611. The largest absolute Gasteiger partial charge is 0.322 e. The fourth-order valence-electron chi connectivity index (χ4n) is 2.67. The van der Waals surface area contributed by atoms with Crippen LogP contribution in [0.2, 0.25) is 0 Å². The molecule has 0 aliphatic carbocycles. The number of hydrogen-bond donors (Lipinski definition) is 2. The van der Waals surface area contributed by atoms with Crippen LogP contribution in [0.1, 0.15) is 47.2 Å². The number of aryl methyl sites for hydroxylation is 1. The van der Waals surface area contributed by atoms with Crippen molar-refractivity contribution in [1.29, 1.82) is 0 Å². The van der Waals surface area contributed by atoms with E-state index >= 15 is 0 Å². The minimum Gasteiger partial charge on any atom is -0.322 e. The first-order valence-corrected chi connectivity index (χ1v) is 7.67. The summed E-state index contributed by atoms with van der Waals surface area (Å²) in [6, 6.07) is 9.60. The molecule has 1 aromatic heterocycles. The Morgan fingerprint density at radius 2 is 2.09 bits per heavy atom. The van der Waals surface area contributed by atoms with Gasteiger partial charge in [-0.25, -0.2) is 9.97 Å². The lowest BCUT2D eigenvalue weighted by Crippen LogP contribution is -2.29. The number of carbonyl (C=O) groups excluding carboxylic acids is 1. The third-order valence-electron chi connectivity index (χ3n) is 3.90. The highest BCUT2D eigenvalue weighted by atomic mass is 16.1. The molecule has 1 fully saturated rings. The molecule has 0 spiro atoms. The Bertz CT molecular complexity index is 651. The van der Waals surface area contributed by atoms with Gasteiger partial charge >= 0.3 is 0 Å². The van der Waals surface area contributed by atoms with Crippen molar-refractivity contribution in [3.63, 3.8) is 0 Å². The van der Waals surface area contributed by atoms with Crippen LogP contribution in [0, 0.1) is 6.92 Å². The zero-order valence-corrected chi connectivity index (χ0v) is 12.7. The monoisotopic (exact) mass is 296 g/mol. The predicted molar refractivity (Wildman–Crippen MR) is 85.8 cm³/mol. The van der Waals surface area contributed by atoms with Crippen LogP contribution in [0.5, 0.6) is 0 Å². The lowest BCUT2D eigenvalue weighted by atomic mass is 10.0. The quantitative estimate of drug-likeness (QED) is 0.914. The van der Waals surface area contributed by atoms with Gasteiger partial charge in [-0.2, -0.15) is 0 Å². The number of benzene rings is 1. The third kappa shape index (κ3) is 3.31. The molecule has 5 heteroatoms. The van der Waals surface area contributed by atoms with E-state index in [4.69, 9.17) is 0 Å². The van der Waals surface area contributed by atoms with Crippen molar-refractivity contribution >= 4 is 11.6 Å². The van der Waals surface area contributed by atoms with Crippen molar-refractivity contribution in [3.05, 3.63) is 53.6 Å². The molecule has 0 radical (unpaired) electrons. The average Bonchev–Trinajstić information content (AvgIpc) is 2.56. The summed E-state index contributed by atoms with van der Waals surface area (Å²) in [5.41, 5.74) is 2.00. The summed E-state index contributed by atoms with van der Waals surface area (Å²) in [6.07, 6.45) is 5.07. The smallest absolute Gasteiger partial charge is 0.259 e. The molecule has 2 heterocycles. The Labute approximate surface area is 130 Å². The first kappa shape index (κ1) is 14.7. The molecule has 1 aliphatic heterocycles. The highest BCUT2D eigenvalue weighted by Gasteiger charge is 2.19. The third-order valence-corrected chi connectivity index (χ3v) is 3.90. The van der Waals surface area contributed by atoms with E-state index in [1.165, 1.54) is 12.8 Å². The van der Waals surface area contributed by atoms with Crippen LogP contribution in [0.25, 0.3) is 0 Å². The number of hydrogen-bond acceptors (Lipinski definition) is 4. The highest BCUT2D eigenvalue weighted by Crippen LogP contribution is 2.20. The molecule has 114 valence electrons. The number of amides is 1. The Morgan fingerprint density at radius 1 is 1.27 bits per heavy atom. The second kappa shape index (κ2) is 6.66. The Balaban J connectivity index is 1.75. The molecule has 5 nitrogen and oxygen atoms in total. The maximum absolute atomic E-state index is 12.3. The fraction of sp³-hybridized carbons (Fsp3) is 0.353. The number of nitrogens with zero attached hydrogens (tertiary/aromatic N) is 2. The summed E-state index contributed by atoms with van der Waals surface area (Å²) in [4.78, 5) is 21.2. The van der Waals surface area contributed by atoms with Crippen molar-refractivity contribution in [2.24, 2.45) is 0 Å². The zero-order valence-electron chi connectivity index (χ0n) is 12.7. The number of carbonyl (C=O) groups is 1. The molecule has 1 aromatic carbocycles. The highest BCUT2D eigenvalue weighted by molar-refractivity contribution is 6.04. The predicted octanol–water partition coefficient (Wildman–Crippen LogP) is 2.85. The van der Waals surface area contributed by atoms with Gasteiger partial charge in [0, 0.05) is 11.9 Å². The van der Waals surface area contributed by atoms with E-state index in [0.29, 0.717) is 11.3 Å². The van der Waals surface area contributed by atoms with Gasteiger partial charge in [0.15, 0.2) is 0 Å². The molecule has 1 saturated heterocycles. The Hall–Kier alpha value is -2.27. The molecular weight excluding hydrogens is 276 g/mol. The number of anilines is 1. The summed E-state index contributed by atoms with van der Waals surface area (Å²) in [5, 5.41) is 6.29. The van der Waals surface area contributed by atoms with Crippen LogP contribution in [0.3, 0.4) is 0 Å². The van der Waals surface area contributed by atoms with Crippen molar-refractivity contribution in [2.45, 2.75) is 32.2 Å². The summed E-state index contributed by atoms with van der Waals surface area (Å²) >= 11 is 0. The van der Waals surface area contributed by atoms with Crippen molar-refractivity contribution in [2.75, 3.05) is 11.9 Å². The molecular formula is C17H20N4O. The number of para-hydroxylation sites is 1. The molecule has 2 aromatic rings. The van der Waals surface area contributed by atoms with Crippen molar-refractivity contribution in [1.82, 2.24) is 15.3 Å². The minimum absolute atomic E-state index is 0.174. The molecule has 22 heavy (non-hydrogen) atoms. The van der Waals surface area contributed by atoms with Gasteiger partial charge in [0.25, 0.3) is 5.91 Å². The normalized spacial score (nSPS) is 18.0. The van der Waals surface area contributed by atoms with Crippen LogP contribution in [-0.2, 0) is 0 Å². The van der Waals surface area contributed by atoms with Gasteiger partial charge in [0.1, 0.15) is 5.82 Å². The molecule has 0 unspecified atom stereocenters. The molecule has 0 bridgehead atoms. The summed E-state index contributed by atoms with van der Waals surface area (Å²) in [7, 11) is 0. The lowest BCUT2D eigenvalue weighted by Gasteiger charge is -2.22. The van der Waals surface area contributed by atoms with E-state index in [2.05, 4.69) is 20.6 Å². The standard InChI is InChI=1S/C17H20N4O/c1-12-14(17(22)21-13-7-3-2-4-8-13)11-19-16(20-12)15-9-5-6-10-18-15/h2-4,7-8,11,15,18H,5-6,9-10H2,1H3,(H,21,22)/t15-/m1/s1. The van der Waals surface area contributed by atoms with E-state index < -0.39 is 0 Å². The fourth-order valence-corrected chi connectivity index (χ4v) is 2.67. The summed E-state index contributed by atoms with van der Waals surface area (Å²) in [6.45, 7) is 2.86. The van der Waals surface area contributed by atoms with Crippen LogP contribution < -0.4 is 10.6 Å². The van der Waals surface area contributed by atoms with Crippen LogP contribution in [-0.4, -0.2) is 22.4 Å². The van der Waals surface area contributed by atoms with Gasteiger partial charge in [0.2, 0.25) is 0 Å². The van der Waals surface area contributed by atoms with Gasteiger partial charge < -0.3 is 10.6 Å². The van der Waals surface area contributed by atoms with Gasteiger partial charge in [-0.15, -0.1) is 0 Å². The topological polar surface area (TPSA) is 66.9 Å². The number of piperidine rings is 1. The minimum atomic E-state index is -0.174. The zero-order chi connectivity index (χ0) is 15.4. The van der Waals surface area contributed by atoms with Crippen molar-refractivity contribution in [3.8, 4) is 0 Å². The Kier molecular flexibility index (Phi) is 4.44. The number of nitrogens with one attached hydrogen (secondary N) is 2. The molecule has 0 saturated carbocycles. The molecule has 3 rings (SSSR count). The SMILES string of the molecule is Cc1nc([C@H]2CCCCN2)ncc1C(=O)Nc1ccccc1. The Morgan fingerprint density at radius 3 is 2.77 bits per heavy atom. The first-order valence-electron chi connectivity index (χ1n) is 7.67. The molecule has 2 N–H and O–H groups in total. The second-order valence-electron chi connectivity index (χ2n) is 5.55. The number of aromatic nitrogens is 2. The van der Waals surface area contributed by atoms with Crippen LogP contribution in [0.4, 0.5) is 5.69 Å². The van der Waals surface area contributed by atoms with Crippen LogP contribution >= 0.6 is 0 Å². The summed E-state index contributed by atoms with van der Waals surface area (Å²) < 4.78 is 0. The first-order chi connectivity index (χ1) is 10.7. The van der Waals surface area contributed by atoms with E-state index in [-0.39, 0.29) is 11.9 Å². The lowest BCUT2D eigenvalue weighted by molar-refractivity contribution is 0.102.